The highest BCUT2D eigenvalue weighted by Crippen LogP contribution is 2.48. The number of aliphatic hydroxyl groups is 1. The SMILES string of the molecule is COC(=O)[C@@H](COP(=O)(O)O[C@H]1O[C@H](C(N)=O)[C@H](O)[C@H](OC(N)=O)[C@H]1O[C@@H]1O[C@H](COC(C)=O)[C@@H](OC(C)=O)[C@H](OC(C)=O)[C@H]1NC(C)=O)OCCC(C)CCCCC(C)(C)CCC(C)CCC(C)CCCC(C)C. The van der Waals surface area contributed by atoms with Crippen LogP contribution in [-0.4, -0.2) is 146 Å². The number of primary amides is 2. The predicted molar refractivity (Wildman–Crippen MR) is 267 cm³/mol. The van der Waals surface area contributed by atoms with Crippen molar-refractivity contribution in [2.45, 2.75) is 221 Å². The molecule has 0 saturated carbocycles. The maximum Gasteiger partial charge on any atom is 0.474 e. The second-order valence-corrected chi connectivity index (χ2v) is 22.7. The number of ether oxygens (including phenoxy) is 9. The predicted octanol–water partition coefficient (Wildman–Crippen LogP) is 5.03. The molecule has 4 unspecified atom stereocenters. The maximum atomic E-state index is 13.7. The Hall–Kier alpha value is -4.00. The molecule has 2 aliphatic heterocycles. The van der Waals surface area contributed by atoms with Gasteiger partial charge in [0.15, 0.2) is 49.2 Å². The van der Waals surface area contributed by atoms with E-state index in [4.69, 9.17) is 63.1 Å². The summed E-state index contributed by atoms with van der Waals surface area (Å²) in [5.74, 6) is -3.49. The summed E-state index contributed by atoms with van der Waals surface area (Å²) < 4.78 is 73.5. The average Bonchev–Trinajstić information content (AvgIpc) is 3.29. The Bertz CT molecular complexity index is 1870. The molecule has 0 bridgehead atoms. The summed E-state index contributed by atoms with van der Waals surface area (Å²) in [7, 11) is -4.45. The number of hydrogen-bond donors (Lipinski definition) is 5. The zero-order valence-electron chi connectivity index (χ0n) is 46.0. The molecule has 0 aromatic heterocycles. The molecule has 0 aliphatic carbocycles. The Morgan fingerprint density at radius 2 is 1.31 bits per heavy atom. The fraction of sp³-hybridized carbons (Fsp3) is 0.860. The fourth-order valence-corrected chi connectivity index (χ4v) is 9.72. The minimum Gasteiger partial charge on any atom is -0.467 e. The van der Waals surface area contributed by atoms with Crippen LogP contribution in [-0.2, 0) is 85.0 Å². The van der Waals surface area contributed by atoms with Crippen LogP contribution in [0.4, 0.5) is 4.79 Å². The highest BCUT2D eigenvalue weighted by atomic mass is 31.2. The third-order valence-corrected chi connectivity index (χ3v) is 14.1. The van der Waals surface area contributed by atoms with Gasteiger partial charge in [-0.25, -0.2) is 14.2 Å². The second kappa shape index (κ2) is 32.7. The van der Waals surface area contributed by atoms with E-state index in [1.165, 1.54) is 44.9 Å². The molecular formula is C50H88N3O21P. The molecule has 0 aromatic rings. The molecule has 25 heteroatoms. The minimum absolute atomic E-state index is 0.0362. The Balaban J connectivity index is 2.22. The van der Waals surface area contributed by atoms with Gasteiger partial charge < -0.3 is 69.4 Å². The van der Waals surface area contributed by atoms with Crippen molar-refractivity contribution in [3.8, 4) is 0 Å². The number of phosphoric ester groups is 1. The van der Waals surface area contributed by atoms with E-state index in [1.54, 1.807) is 0 Å². The highest BCUT2D eigenvalue weighted by molar-refractivity contribution is 7.47. The van der Waals surface area contributed by atoms with Crippen LogP contribution < -0.4 is 16.8 Å². The zero-order chi connectivity index (χ0) is 56.8. The van der Waals surface area contributed by atoms with Crippen LogP contribution in [0.2, 0.25) is 0 Å². The Labute approximate surface area is 441 Å². The van der Waals surface area contributed by atoms with Crippen molar-refractivity contribution in [2.24, 2.45) is 40.6 Å². The quantitative estimate of drug-likeness (QED) is 0.0244. The summed E-state index contributed by atoms with van der Waals surface area (Å²) in [6.07, 6.45) is -7.80. The summed E-state index contributed by atoms with van der Waals surface area (Å²) in [5.41, 5.74) is 11.0. The molecule has 2 aliphatic rings. The largest absolute Gasteiger partial charge is 0.474 e. The minimum atomic E-state index is -5.52. The van der Waals surface area contributed by atoms with Crippen molar-refractivity contribution in [1.82, 2.24) is 5.32 Å². The molecule has 2 saturated heterocycles. The lowest BCUT2D eigenvalue weighted by molar-refractivity contribution is -0.339. The summed E-state index contributed by atoms with van der Waals surface area (Å²) in [4.78, 5) is 98.0. The maximum absolute atomic E-state index is 13.7. The number of nitrogens with two attached hydrogens (primary N) is 2. The Morgan fingerprint density at radius 3 is 1.87 bits per heavy atom. The van der Waals surface area contributed by atoms with Crippen molar-refractivity contribution in [1.29, 1.82) is 0 Å². The molecule has 7 N–H and O–H groups in total. The molecule has 2 rings (SSSR count). The lowest BCUT2D eigenvalue weighted by atomic mass is 9.79. The molecule has 434 valence electrons. The van der Waals surface area contributed by atoms with Gasteiger partial charge in [-0.3, -0.25) is 33.0 Å². The van der Waals surface area contributed by atoms with Crippen molar-refractivity contribution >= 4 is 49.6 Å². The van der Waals surface area contributed by atoms with Gasteiger partial charge >= 0.3 is 37.8 Å². The third-order valence-electron chi connectivity index (χ3n) is 13.2. The Kier molecular flexibility index (Phi) is 29.2. The summed E-state index contributed by atoms with van der Waals surface area (Å²) in [6, 6.07) is -1.69. The van der Waals surface area contributed by atoms with Gasteiger partial charge in [0, 0.05) is 34.3 Å². The number of aliphatic hydroxyl groups excluding tert-OH is 1. The lowest BCUT2D eigenvalue weighted by Crippen LogP contribution is -2.69. The van der Waals surface area contributed by atoms with E-state index in [-0.39, 0.29) is 17.9 Å². The number of methoxy groups -OCH3 is 1. The van der Waals surface area contributed by atoms with Gasteiger partial charge in [0.2, 0.25) is 11.8 Å². The second-order valence-electron chi connectivity index (χ2n) is 21.2. The number of amides is 3. The van der Waals surface area contributed by atoms with Gasteiger partial charge in [-0.05, 0) is 48.3 Å². The van der Waals surface area contributed by atoms with Gasteiger partial charge in [0.25, 0.3) is 0 Å². The number of phosphoric acid groups is 1. The first-order valence-electron chi connectivity index (χ1n) is 26.0. The monoisotopic (exact) mass is 1100 g/mol. The van der Waals surface area contributed by atoms with E-state index >= 15 is 0 Å². The lowest BCUT2D eigenvalue weighted by Gasteiger charge is -2.48. The number of hydrogen-bond acceptors (Lipinski definition) is 20. The van der Waals surface area contributed by atoms with Crippen LogP contribution in [0.1, 0.15) is 153 Å². The molecule has 2 heterocycles. The number of carbonyl (C=O) groups excluding carboxylic acids is 7. The number of unbranched alkanes of at least 4 members (excludes halogenated alkanes) is 1. The van der Waals surface area contributed by atoms with E-state index in [2.05, 4.69) is 53.8 Å². The number of rotatable bonds is 34. The van der Waals surface area contributed by atoms with Gasteiger partial charge in [-0.2, -0.15) is 0 Å². The first kappa shape index (κ1) is 67.1. The number of carbonyl (C=O) groups is 7. The normalized spacial score (nSPS) is 26.4. The summed E-state index contributed by atoms with van der Waals surface area (Å²) in [5, 5.41) is 13.7. The highest BCUT2D eigenvalue weighted by Gasteiger charge is 2.57. The molecule has 75 heavy (non-hydrogen) atoms. The van der Waals surface area contributed by atoms with E-state index in [9.17, 15) is 48.1 Å². The van der Waals surface area contributed by atoms with Crippen molar-refractivity contribution in [3.63, 3.8) is 0 Å². The van der Waals surface area contributed by atoms with Crippen LogP contribution in [0.3, 0.4) is 0 Å². The molecule has 0 spiro atoms. The van der Waals surface area contributed by atoms with Gasteiger partial charge in [0.1, 0.15) is 24.9 Å². The van der Waals surface area contributed by atoms with Crippen molar-refractivity contribution in [2.75, 3.05) is 26.9 Å². The van der Waals surface area contributed by atoms with Gasteiger partial charge in [0.05, 0.1) is 13.7 Å². The van der Waals surface area contributed by atoms with Gasteiger partial charge in [-0.15, -0.1) is 0 Å². The van der Waals surface area contributed by atoms with E-state index in [1.807, 2.05) is 0 Å². The van der Waals surface area contributed by atoms with Crippen LogP contribution >= 0.6 is 7.82 Å². The molecule has 3 amide bonds. The molecular weight excluding hydrogens is 1010 g/mol. The standard InChI is InChI=1S/C50H88N3O21P/c1-28(2)16-15-18-29(3)19-20-31(5)21-24-50(10,11)23-14-13-17-30(4)22-25-65-37(46(60)64-12)27-67-75(62,63)74-48-44(42(73-49(52)61)39(58)43(71-48)45(51)59)72-47-38(53-32(6)54)41(69-35(9)57)40(68-34(8)56)36(70-47)26-66-33(7)55/h28-31,36-44,47-48,58H,13-27H2,1-12H3,(H2,51,59)(H2,52,61)(H,53,54)(H,62,63)/t29?,30?,31?,36-,37-,38-,39-,40-,41-,42+,43+,44-,47+,48-/m1/s1. The molecule has 0 radical (unpaired) electrons. The van der Waals surface area contributed by atoms with Crippen molar-refractivity contribution in [3.05, 3.63) is 0 Å². The van der Waals surface area contributed by atoms with Crippen LogP contribution in [0.25, 0.3) is 0 Å². The fourth-order valence-electron chi connectivity index (χ4n) is 8.90. The summed E-state index contributed by atoms with van der Waals surface area (Å²) >= 11 is 0. The first-order chi connectivity index (χ1) is 34.9. The number of nitrogens with one attached hydrogen (secondary N) is 1. The van der Waals surface area contributed by atoms with E-state index in [0.717, 1.165) is 72.3 Å². The number of esters is 4. The average molecular weight is 1100 g/mol. The molecule has 2 fully saturated rings. The molecule has 0 aromatic carbocycles. The van der Waals surface area contributed by atoms with Crippen LogP contribution in [0, 0.1) is 29.1 Å². The van der Waals surface area contributed by atoms with Crippen LogP contribution in [0.5, 0.6) is 0 Å². The van der Waals surface area contributed by atoms with E-state index < -0.39 is 130 Å². The van der Waals surface area contributed by atoms with Gasteiger partial charge in [-0.1, -0.05) is 106 Å². The van der Waals surface area contributed by atoms with E-state index in [0.29, 0.717) is 12.3 Å². The third kappa shape index (κ3) is 25.3. The topological polar surface area (TPSA) is 343 Å². The Morgan fingerprint density at radius 1 is 0.707 bits per heavy atom. The van der Waals surface area contributed by atoms with Crippen LogP contribution in [0.15, 0.2) is 0 Å². The first-order valence-corrected chi connectivity index (χ1v) is 27.4. The summed E-state index contributed by atoms with van der Waals surface area (Å²) in [6.45, 7) is 18.5. The smallest absolute Gasteiger partial charge is 0.467 e. The zero-order valence-corrected chi connectivity index (χ0v) is 46.9. The molecule has 24 nitrogen and oxygen atoms in total. The molecule has 15 atom stereocenters. The van der Waals surface area contributed by atoms with Crippen molar-refractivity contribution < 1.29 is 99.8 Å².